The first-order valence-corrected chi connectivity index (χ1v) is 9.50. The molecule has 0 saturated heterocycles. The Bertz CT molecular complexity index is 456. The molecule has 1 amide bonds. The minimum Gasteiger partial charge on any atom is -0.352 e. The van der Waals surface area contributed by atoms with Crippen molar-refractivity contribution in [3.8, 4) is 0 Å². The lowest BCUT2D eigenvalue weighted by molar-refractivity contribution is -0.925. The number of rotatable bonds is 12. The second-order valence-electron chi connectivity index (χ2n) is 5.80. The number of hydrogen-bond donors (Lipinski definition) is 2. The molecule has 0 fully saturated rings. The summed E-state index contributed by atoms with van der Waals surface area (Å²) in [6.45, 7) is 13.9. The van der Waals surface area contributed by atoms with Crippen molar-refractivity contribution in [2.75, 3.05) is 38.5 Å². The van der Waals surface area contributed by atoms with Crippen molar-refractivity contribution in [2.24, 2.45) is 0 Å². The van der Waals surface area contributed by atoms with E-state index < -0.39 is 10.1 Å². The predicted molar refractivity (Wildman–Crippen MR) is 89.2 cm³/mol. The lowest BCUT2D eigenvalue weighted by Gasteiger charge is -2.37. The zero-order chi connectivity index (χ0) is 17.2. The van der Waals surface area contributed by atoms with Crippen LogP contribution < -0.4 is 5.32 Å². The summed E-state index contributed by atoms with van der Waals surface area (Å²) in [5.74, 6) is -0.283. The van der Waals surface area contributed by atoms with Crippen molar-refractivity contribution in [2.45, 2.75) is 40.0 Å². The summed E-state index contributed by atoms with van der Waals surface area (Å²) in [5.41, 5.74) is 0.511. The fourth-order valence-corrected chi connectivity index (χ4v) is 3.04. The predicted octanol–water partition coefficient (Wildman–Crippen LogP) is 1.59. The maximum atomic E-state index is 11.4. The highest BCUT2D eigenvalue weighted by Crippen LogP contribution is 2.11. The van der Waals surface area contributed by atoms with Gasteiger partial charge in [0.1, 0.15) is 0 Å². The molecule has 0 aliphatic heterocycles. The molecule has 130 valence electrons. The molecule has 0 heterocycles. The van der Waals surface area contributed by atoms with Crippen LogP contribution in [0.2, 0.25) is 0 Å². The smallest absolute Gasteiger partial charge is 0.264 e. The largest absolute Gasteiger partial charge is 0.352 e. The highest BCUT2D eigenvalue weighted by atomic mass is 32.2. The molecule has 0 bridgehead atoms. The SMILES string of the molecule is C=C(C)C(=O)NCCC[N+](CC)(CC)CCCCS(=O)(=O)O. The van der Waals surface area contributed by atoms with Gasteiger partial charge in [0.2, 0.25) is 5.91 Å². The molecule has 0 atom stereocenters. The van der Waals surface area contributed by atoms with Crippen LogP contribution in [-0.4, -0.2) is 61.8 Å². The molecule has 0 aliphatic carbocycles. The number of nitrogens with one attached hydrogen (secondary N) is 1. The highest BCUT2D eigenvalue weighted by molar-refractivity contribution is 7.85. The van der Waals surface area contributed by atoms with Crippen LogP contribution in [-0.2, 0) is 14.9 Å². The van der Waals surface area contributed by atoms with Crippen molar-refractivity contribution in [1.29, 1.82) is 0 Å². The first kappa shape index (κ1) is 21.1. The third kappa shape index (κ3) is 9.17. The Hall–Kier alpha value is -0.920. The highest BCUT2D eigenvalue weighted by Gasteiger charge is 2.22. The van der Waals surface area contributed by atoms with E-state index in [9.17, 15) is 13.2 Å². The molecule has 6 nitrogen and oxygen atoms in total. The van der Waals surface area contributed by atoms with Crippen LogP contribution in [0, 0.1) is 0 Å². The molecule has 22 heavy (non-hydrogen) atoms. The fourth-order valence-electron chi connectivity index (χ4n) is 2.47. The summed E-state index contributed by atoms with van der Waals surface area (Å²) < 4.78 is 31.1. The standard InChI is InChI=1S/C15H30N2O4S/c1-5-17(6-2,11-7-8-13-22(19,20)21)12-9-10-16-15(18)14(3)4/h3,5-13H2,1-2,4H3,(H-,16,18,19,20,21)/p+1. The summed E-state index contributed by atoms with van der Waals surface area (Å²) in [5, 5.41) is 2.83. The van der Waals surface area contributed by atoms with E-state index in [1.54, 1.807) is 6.92 Å². The molecule has 0 radical (unpaired) electrons. The van der Waals surface area contributed by atoms with Gasteiger partial charge in [-0.05, 0) is 33.6 Å². The van der Waals surface area contributed by atoms with Crippen LogP contribution in [0.5, 0.6) is 0 Å². The van der Waals surface area contributed by atoms with Crippen molar-refractivity contribution >= 4 is 16.0 Å². The molecular formula is C15H31N2O4S+. The van der Waals surface area contributed by atoms with E-state index >= 15 is 0 Å². The molecular weight excluding hydrogens is 304 g/mol. The van der Waals surface area contributed by atoms with Crippen LogP contribution in [0.1, 0.15) is 40.0 Å². The second kappa shape index (κ2) is 9.97. The van der Waals surface area contributed by atoms with Gasteiger partial charge in [-0.25, -0.2) is 0 Å². The number of hydrogen-bond acceptors (Lipinski definition) is 3. The Balaban J connectivity index is 4.21. The third-order valence-corrected chi connectivity index (χ3v) is 4.91. The number of carbonyl (C=O) groups is 1. The van der Waals surface area contributed by atoms with Crippen molar-refractivity contribution in [3.63, 3.8) is 0 Å². The van der Waals surface area contributed by atoms with Crippen LogP contribution in [0.25, 0.3) is 0 Å². The van der Waals surface area contributed by atoms with E-state index in [0.29, 0.717) is 18.5 Å². The number of nitrogens with zero attached hydrogens (tertiary/aromatic N) is 1. The minimum atomic E-state index is -3.86. The van der Waals surface area contributed by atoms with Gasteiger partial charge in [-0.3, -0.25) is 9.35 Å². The number of amides is 1. The summed E-state index contributed by atoms with van der Waals surface area (Å²) in [6.07, 6.45) is 2.11. The maximum absolute atomic E-state index is 11.4. The van der Waals surface area contributed by atoms with Crippen molar-refractivity contribution in [1.82, 2.24) is 5.32 Å². The average Bonchev–Trinajstić information content (AvgIpc) is 2.44. The lowest BCUT2D eigenvalue weighted by atomic mass is 10.2. The molecule has 0 rings (SSSR count). The molecule has 0 aliphatic rings. The quantitative estimate of drug-likeness (QED) is 0.245. The molecule has 0 aromatic carbocycles. The van der Waals surface area contributed by atoms with E-state index in [0.717, 1.165) is 43.5 Å². The van der Waals surface area contributed by atoms with E-state index in [-0.39, 0.29) is 11.7 Å². The Morgan fingerprint density at radius 1 is 1.14 bits per heavy atom. The zero-order valence-electron chi connectivity index (χ0n) is 14.1. The van der Waals surface area contributed by atoms with Crippen molar-refractivity contribution < 1.29 is 22.2 Å². The van der Waals surface area contributed by atoms with Crippen LogP contribution >= 0.6 is 0 Å². The third-order valence-electron chi connectivity index (χ3n) is 4.11. The van der Waals surface area contributed by atoms with E-state index in [2.05, 4.69) is 25.7 Å². The van der Waals surface area contributed by atoms with E-state index in [1.165, 1.54) is 0 Å². The van der Waals surface area contributed by atoms with Crippen molar-refractivity contribution in [3.05, 3.63) is 12.2 Å². The molecule has 0 saturated carbocycles. The number of quaternary nitrogens is 1. The normalized spacial score (nSPS) is 12.2. The Morgan fingerprint density at radius 3 is 2.14 bits per heavy atom. The monoisotopic (exact) mass is 335 g/mol. The Kier molecular flexibility index (Phi) is 9.55. The van der Waals surface area contributed by atoms with Crippen LogP contribution in [0.4, 0.5) is 0 Å². The van der Waals surface area contributed by atoms with Gasteiger partial charge in [0.05, 0.1) is 31.9 Å². The summed E-state index contributed by atoms with van der Waals surface area (Å²) in [4.78, 5) is 11.4. The first-order valence-electron chi connectivity index (χ1n) is 7.89. The molecule has 0 aromatic heterocycles. The zero-order valence-corrected chi connectivity index (χ0v) is 14.9. The minimum absolute atomic E-state index is 0.112. The second-order valence-corrected chi connectivity index (χ2v) is 7.38. The topological polar surface area (TPSA) is 83.5 Å². The molecule has 7 heteroatoms. The fraction of sp³-hybridized carbons (Fsp3) is 0.800. The van der Waals surface area contributed by atoms with Crippen LogP contribution in [0.15, 0.2) is 12.2 Å². The maximum Gasteiger partial charge on any atom is 0.264 e. The number of carbonyl (C=O) groups excluding carboxylic acids is 1. The van der Waals surface area contributed by atoms with Gasteiger partial charge in [0.15, 0.2) is 0 Å². The van der Waals surface area contributed by atoms with Gasteiger partial charge >= 0.3 is 0 Å². The Morgan fingerprint density at radius 2 is 1.68 bits per heavy atom. The van der Waals surface area contributed by atoms with Gasteiger partial charge in [-0.1, -0.05) is 6.58 Å². The van der Waals surface area contributed by atoms with E-state index in [4.69, 9.17) is 4.55 Å². The molecule has 0 aromatic rings. The van der Waals surface area contributed by atoms with Gasteiger partial charge in [-0.2, -0.15) is 8.42 Å². The number of unbranched alkanes of at least 4 members (excludes halogenated alkanes) is 1. The van der Waals surface area contributed by atoms with Gasteiger partial charge in [0, 0.05) is 18.5 Å². The average molecular weight is 335 g/mol. The van der Waals surface area contributed by atoms with Crippen LogP contribution in [0.3, 0.4) is 0 Å². The van der Waals surface area contributed by atoms with Gasteiger partial charge < -0.3 is 9.80 Å². The van der Waals surface area contributed by atoms with Gasteiger partial charge in [0.25, 0.3) is 10.1 Å². The summed E-state index contributed by atoms with van der Waals surface area (Å²) in [6, 6.07) is 0. The summed E-state index contributed by atoms with van der Waals surface area (Å²) in [7, 11) is -3.86. The summed E-state index contributed by atoms with van der Waals surface area (Å²) >= 11 is 0. The Labute approximate surface area is 134 Å². The van der Waals surface area contributed by atoms with Gasteiger partial charge in [-0.15, -0.1) is 0 Å². The molecule has 0 unspecified atom stereocenters. The lowest BCUT2D eigenvalue weighted by Crippen LogP contribution is -2.49. The molecule has 2 N–H and O–H groups in total. The van der Waals surface area contributed by atoms with E-state index in [1.807, 2.05) is 0 Å². The first-order chi connectivity index (χ1) is 10.2. The molecule has 0 spiro atoms.